The van der Waals surface area contributed by atoms with Gasteiger partial charge in [0.15, 0.2) is 11.5 Å². The van der Waals surface area contributed by atoms with Gasteiger partial charge >= 0.3 is 17.9 Å². The first kappa shape index (κ1) is 25.2. The molecule has 180 valence electrons. The molecule has 1 atom stereocenters. The Hall–Kier alpha value is -3.46. The molecule has 3 rings (SSSR count). The molecule has 0 radical (unpaired) electrons. The average Bonchev–Trinajstić information content (AvgIpc) is 3.15. The number of aryl methyl sites for hydroxylation is 1. The van der Waals surface area contributed by atoms with Crippen LogP contribution < -0.4 is 14.8 Å². The van der Waals surface area contributed by atoms with E-state index >= 15 is 0 Å². The van der Waals surface area contributed by atoms with Crippen LogP contribution in [0.3, 0.4) is 0 Å². The number of thiophene rings is 1. The van der Waals surface area contributed by atoms with E-state index < -0.39 is 23.8 Å². The maximum atomic E-state index is 12.6. The predicted octanol–water partition coefficient (Wildman–Crippen LogP) is 4.85. The van der Waals surface area contributed by atoms with Gasteiger partial charge < -0.3 is 19.9 Å². The van der Waals surface area contributed by atoms with E-state index in [4.69, 9.17) is 9.47 Å². The highest BCUT2D eigenvalue weighted by atomic mass is 32.1. The minimum absolute atomic E-state index is 0.0735. The van der Waals surface area contributed by atoms with Crippen LogP contribution in [0.15, 0.2) is 24.3 Å². The Bertz CT molecular complexity index is 1150. The second kappa shape index (κ2) is 11.1. The molecule has 34 heavy (non-hydrogen) atoms. The Kier molecular flexibility index (Phi) is 8.22. The molecule has 1 aliphatic rings. The molecule has 1 unspecified atom stereocenters. The maximum absolute atomic E-state index is 12.6. The van der Waals surface area contributed by atoms with E-state index in [0.717, 1.165) is 23.3 Å². The van der Waals surface area contributed by atoms with Crippen molar-refractivity contribution in [2.75, 3.05) is 5.32 Å². The molecular weight excluding hydrogens is 458 g/mol. The number of fused-ring (bicyclic) bond motifs is 1. The molecule has 1 aromatic carbocycles. The third-order valence-electron chi connectivity index (χ3n) is 5.38. The smallest absolute Gasteiger partial charge is 0.339 e. The van der Waals surface area contributed by atoms with Crippen LogP contribution in [0.4, 0.5) is 5.00 Å². The van der Waals surface area contributed by atoms with Crippen molar-refractivity contribution in [3.63, 3.8) is 0 Å². The fourth-order valence-electron chi connectivity index (χ4n) is 3.58. The number of esters is 2. The van der Waals surface area contributed by atoms with Crippen LogP contribution in [0.2, 0.25) is 0 Å². The summed E-state index contributed by atoms with van der Waals surface area (Å²) in [7, 11) is 0. The molecule has 0 spiro atoms. The van der Waals surface area contributed by atoms with Crippen molar-refractivity contribution in [1.82, 2.24) is 0 Å². The van der Waals surface area contributed by atoms with Gasteiger partial charge in [-0.2, -0.15) is 0 Å². The zero-order chi connectivity index (χ0) is 24.8. The number of carboxylic acids is 1. The molecule has 8 nitrogen and oxygen atoms in total. The third kappa shape index (κ3) is 6.11. The number of benzene rings is 1. The van der Waals surface area contributed by atoms with Crippen LogP contribution >= 0.6 is 11.3 Å². The van der Waals surface area contributed by atoms with Crippen LogP contribution in [0.25, 0.3) is 6.08 Å². The number of carbonyl (C=O) groups excluding carboxylic acids is 3. The number of amides is 1. The highest BCUT2D eigenvalue weighted by Crippen LogP contribution is 2.39. The Balaban J connectivity index is 1.79. The van der Waals surface area contributed by atoms with Gasteiger partial charge in [-0.15, -0.1) is 11.3 Å². The monoisotopic (exact) mass is 485 g/mol. The first-order valence-electron chi connectivity index (χ1n) is 11.1. The molecule has 0 aliphatic heterocycles. The molecular formula is C25H27NO7S. The molecule has 2 aromatic rings. The number of ether oxygens (including phenoxy) is 2. The number of aromatic carboxylic acids is 1. The third-order valence-corrected chi connectivity index (χ3v) is 6.59. The van der Waals surface area contributed by atoms with E-state index in [2.05, 4.69) is 12.2 Å². The standard InChI is InChI=1S/C25H27NO7S/c1-4-21(28)32-17-9-7-15(13-18(17)33-22(29)5-2)8-11-20(27)26-24-23(25(30)31)16-12-14(3)6-10-19(16)34-24/h7-9,11,13-14H,4-6,10,12H2,1-3H3,(H,26,27)(H,30,31)/b11-8+. The van der Waals surface area contributed by atoms with Crippen molar-refractivity contribution < 1.29 is 33.8 Å². The van der Waals surface area contributed by atoms with Crippen molar-refractivity contribution in [3.05, 3.63) is 45.8 Å². The van der Waals surface area contributed by atoms with E-state index in [1.165, 1.54) is 35.6 Å². The van der Waals surface area contributed by atoms with Crippen LogP contribution in [-0.2, 0) is 27.2 Å². The fourth-order valence-corrected chi connectivity index (χ4v) is 4.82. The molecule has 0 bridgehead atoms. The second-order valence-electron chi connectivity index (χ2n) is 8.05. The van der Waals surface area contributed by atoms with Crippen molar-refractivity contribution >= 4 is 46.2 Å². The highest BCUT2D eigenvalue weighted by molar-refractivity contribution is 7.17. The largest absolute Gasteiger partial charge is 0.478 e. The van der Waals surface area contributed by atoms with Gasteiger partial charge in [0.2, 0.25) is 5.91 Å². The number of hydrogen-bond donors (Lipinski definition) is 2. The number of nitrogens with one attached hydrogen (secondary N) is 1. The quantitative estimate of drug-likeness (QED) is 0.311. The van der Waals surface area contributed by atoms with Crippen LogP contribution in [0.5, 0.6) is 11.5 Å². The Labute approximate surface area is 201 Å². The van der Waals surface area contributed by atoms with Crippen LogP contribution in [0, 0.1) is 5.92 Å². The van der Waals surface area contributed by atoms with E-state index in [1.54, 1.807) is 19.9 Å². The summed E-state index contributed by atoms with van der Waals surface area (Å²) in [5, 5.41) is 12.7. The SMILES string of the molecule is CCC(=O)Oc1ccc(/C=C/C(=O)Nc2sc3c(c2C(=O)O)CC(C)CC3)cc1OC(=O)CC. The Morgan fingerprint density at radius 2 is 1.79 bits per heavy atom. The first-order valence-corrected chi connectivity index (χ1v) is 12.0. The average molecular weight is 486 g/mol. The summed E-state index contributed by atoms with van der Waals surface area (Å²) in [6, 6.07) is 4.59. The molecule has 1 aromatic heterocycles. The van der Waals surface area contributed by atoms with Gasteiger partial charge in [-0.3, -0.25) is 14.4 Å². The molecule has 1 heterocycles. The summed E-state index contributed by atoms with van der Waals surface area (Å²) in [5.41, 5.74) is 1.52. The zero-order valence-electron chi connectivity index (χ0n) is 19.3. The molecule has 1 aliphatic carbocycles. The highest BCUT2D eigenvalue weighted by Gasteiger charge is 2.28. The Morgan fingerprint density at radius 1 is 1.12 bits per heavy atom. The summed E-state index contributed by atoms with van der Waals surface area (Å²) in [6.07, 6.45) is 5.56. The number of hydrogen-bond acceptors (Lipinski definition) is 7. The van der Waals surface area contributed by atoms with Gasteiger partial charge in [0.25, 0.3) is 0 Å². The van der Waals surface area contributed by atoms with Crippen molar-refractivity contribution in [2.24, 2.45) is 5.92 Å². The molecule has 2 N–H and O–H groups in total. The first-order chi connectivity index (χ1) is 16.2. The van der Waals surface area contributed by atoms with E-state index in [9.17, 15) is 24.3 Å². The maximum Gasteiger partial charge on any atom is 0.339 e. The lowest BCUT2D eigenvalue weighted by atomic mass is 9.88. The van der Waals surface area contributed by atoms with Crippen molar-refractivity contribution in [3.8, 4) is 11.5 Å². The van der Waals surface area contributed by atoms with Crippen LogP contribution in [-0.4, -0.2) is 28.9 Å². The number of rotatable bonds is 8. The van der Waals surface area contributed by atoms with Crippen molar-refractivity contribution in [1.29, 1.82) is 0 Å². The minimum Gasteiger partial charge on any atom is -0.478 e. The predicted molar refractivity (Wildman–Crippen MR) is 128 cm³/mol. The number of carbonyl (C=O) groups is 4. The minimum atomic E-state index is -1.05. The summed E-state index contributed by atoms with van der Waals surface area (Å²) in [5.74, 6) is -1.92. The van der Waals surface area contributed by atoms with E-state index in [-0.39, 0.29) is 29.9 Å². The zero-order valence-corrected chi connectivity index (χ0v) is 20.1. The van der Waals surface area contributed by atoms with Gasteiger partial charge in [0.05, 0.1) is 5.56 Å². The van der Waals surface area contributed by atoms with Crippen LogP contribution in [0.1, 0.15) is 66.4 Å². The van der Waals surface area contributed by atoms with Gasteiger partial charge in [0.1, 0.15) is 5.00 Å². The van der Waals surface area contributed by atoms with E-state index in [0.29, 0.717) is 22.9 Å². The number of carboxylic acid groups (broad SMARTS) is 1. The van der Waals surface area contributed by atoms with Gasteiger partial charge in [0, 0.05) is 23.8 Å². The molecule has 9 heteroatoms. The van der Waals surface area contributed by atoms with Gasteiger partial charge in [-0.05, 0) is 54.5 Å². The summed E-state index contributed by atoms with van der Waals surface area (Å²) in [6.45, 7) is 5.38. The summed E-state index contributed by atoms with van der Waals surface area (Å²) in [4.78, 5) is 48.9. The molecule has 1 amide bonds. The molecule has 0 saturated heterocycles. The summed E-state index contributed by atoms with van der Waals surface area (Å²) < 4.78 is 10.5. The second-order valence-corrected chi connectivity index (χ2v) is 9.15. The lowest BCUT2D eigenvalue weighted by Crippen LogP contribution is -2.14. The lowest BCUT2D eigenvalue weighted by Gasteiger charge is -2.18. The van der Waals surface area contributed by atoms with Gasteiger partial charge in [-0.1, -0.05) is 26.8 Å². The van der Waals surface area contributed by atoms with Gasteiger partial charge in [-0.25, -0.2) is 4.79 Å². The molecule has 0 fully saturated rings. The topological polar surface area (TPSA) is 119 Å². The molecule has 0 saturated carbocycles. The van der Waals surface area contributed by atoms with E-state index in [1.807, 2.05) is 0 Å². The summed E-state index contributed by atoms with van der Waals surface area (Å²) >= 11 is 1.31. The fraction of sp³-hybridized carbons (Fsp3) is 0.360. The Morgan fingerprint density at radius 3 is 2.44 bits per heavy atom. The normalized spacial score (nSPS) is 15.0. The van der Waals surface area contributed by atoms with Crippen molar-refractivity contribution in [2.45, 2.75) is 52.9 Å². The number of anilines is 1. The lowest BCUT2D eigenvalue weighted by molar-refractivity contribution is -0.136.